The van der Waals surface area contributed by atoms with Gasteiger partial charge in [-0.2, -0.15) is 0 Å². The van der Waals surface area contributed by atoms with Gasteiger partial charge in [0, 0.05) is 23.1 Å². The molecule has 4 heteroatoms. The minimum Gasteiger partial charge on any atom is -0.260 e. The first kappa shape index (κ1) is 12.6. The van der Waals surface area contributed by atoms with Gasteiger partial charge in [0.25, 0.3) is 0 Å². The Morgan fingerprint density at radius 3 is 2.94 bits per heavy atom. The molecular formula is C13H16N2S2. The normalized spacial score (nSPS) is 10.7. The predicted molar refractivity (Wildman–Crippen MR) is 75.5 cm³/mol. The molecule has 2 nitrogen and oxygen atoms in total. The zero-order valence-electron chi connectivity index (χ0n) is 10.1. The van der Waals surface area contributed by atoms with Crippen molar-refractivity contribution in [2.75, 3.05) is 0 Å². The molecule has 0 aliphatic carbocycles. The van der Waals surface area contributed by atoms with E-state index < -0.39 is 0 Å². The fourth-order valence-electron chi connectivity index (χ4n) is 1.50. The summed E-state index contributed by atoms with van der Waals surface area (Å²) in [6.07, 6.45) is 2.90. The van der Waals surface area contributed by atoms with Crippen LogP contribution < -0.4 is 0 Å². The van der Waals surface area contributed by atoms with Crippen LogP contribution >= 0.6 is 23.1 Å². The fraction of sp³-hybridized carbons (Fsp3) is 0.385. The Bertz CT molecular complexity index is 480. The van der Waals surface area contributed by atoms with Crippen molar-refractivity contribution in [3.63, 3.8) is 0 Å². The average Bonchev–Trinajstić information content (AvgIpc) is 2.80. The molecular weight excluding hydrogens is 248 g/mol. The highest BCUT2D eigenvalue weighted by Crippen LogP contribution is 2.20. The Balaban J connectivity index is 1.85. The molecule has 2 aromatic heterocycles. The predicted octanol–water partition coefficient (Wildman–Crippen LogP) is 3.84. The third-order valence-corrected chi connectivity index (χ3v) is 4.53. The lowest BCUT2D eigenvalue weighted by atomic mass is 10.2. The van der Waals surface area contributed by atoms with Gasteiger partial charge in [-0.25, -0.2) is 4.98 Å². The quantitative estimate of drug-likeness (QED) is 0.820. The van der Waals surface area contributed by atoms with E-state index in [2.05, 4.69) is 35.3 Å². The van der Waals surface area contributed by atoms with Crippen molar-refractivity contribution in [3.8, 4) is 0 Å². The standard InChI is InChI=1S/C13H16N2S2/c1-3-13-15-11(8-17-13)7-16-9-12-10(2)5-4-6-14-12/h4-6,8H,3,7,9H2,1-2H3. The second kappa shape index (κ2) is 6.17. The van der Waals surface area contributed by atoms with E-state index in [9.17, 15) is 0 Å². The molecule has 0 unspecified atom stereocenters. The summed E-state index contributed by atoms with van der Waals surface area (Å²) in [5, 5.41) is 3.39. The monoisotopic (exact) mass is 264 g/mol. The van der Waals surface area contributed by atoms with Crippen LogP contribution in [0.4, 0.5) is 0 Å². The maximum atomic E-state index is 4.56. The average molecular weight is 264 g/mol. The van der Waals surface area contributed by atoms with Gasteiger partial charge in [-0.15, -0.1) is 23.1 Å². The van der Waals surface area contributed by atoms with Gasteiger partial charge in [-0.3, -0.25) is 4.98 Å². The number of hydrogen-bond donors (Lipinski definition) is 0. The van der Waals surface area contributed by atoms with Crippen molar-refractivity contribution in [2.24, 2.45) is 0 Å². The Morgan fingerprint density at radius 2 is 2.24 bits per heavy atom. The molecule has 0 aliphatic rings. The van der Waals surface area contributed by atoms with Crippen LogP contribution in [0.1, 0.15) is 28.9 Å². The summed E-state index contributed by atoms with van der Waals surface area (Å²) >= 11 is 3.64. The summed E-state index contributed by atoms with van der Waals surface area (Å²) in [7, 11) is 0. The molecule has 0 fully saturated rings. The van der Waals surface area contributed by atoms with E-state index in [0.717, 1.165) is 17.9 Å². The molecule has 0 aliphatic heterocycles. The summed E-state index contributed by atoms with van der Waals surface area (Å²) < 4.78 is 0. The van der Waals surface area contributed by atoms with Gasteiger partial charge in [-0.05, 0) is 25.0 Å². The van der Waals surface area contributed by atoms with E-state index in [1.54, 1.807) is 11.3 Å². The lowest BCUT2D eigenvalue weighted by molar-refractivity contribution is 1.06. The second-order valence-corrected chi connectivity index (χ2v) is 5.77. The Labute approximate surface area is 111 Å². The molecule has 0 radical (unpaired) electrons. The summed E-state index contributed by atoms with van der Waals surface area (Å²) in [6.45, 7) is 4.26. The number of rotatable bonds is 5. The number of thioether (sulfide) groups is 1. The number of aromatic nitrogens is 2. The summed E-state index contributed by atoms with van der Waals surface area (Å²) in [5.74, 6) is 1.94. The smallest absolute Gasteiger partial charge is 0.0925 e. The maximum absolute atomic E-state index is 4.56. The van der Waals surface area contributed by atoms with Gasteiger partial charge >= 0.3 is 0 Å². The van der Waals surface area contributed by atoms with E-state index in [1.165, 1.54) is 22.0 Å². The topological polar surface area (TPSA) is 25.8 Å². The van der Waals surface area contributed by atoms with Gasteiger partial charge < -0.3 is 0 Å². The van der Waals surface area contributed by atoms with Crippen LogP contribution in [-0.2, 0) is 17.9 Å². The minimum atomic E-state index is 0.964. The molecule has 0 saturated carbocycles. The SMILES string of the molecule is CCc1nc(CSCc2ncccc2C)cs1. The Morgan fingerprint density at radius 1 is 1.35 bits per heavy atom. The molecule has 17 heavy (non-hydrogen) atoms. The zero-order chi connectivity index (χ0) is 12.1. The Kier molecular flexibility index (Phi) is 4.57. The third-order valence-electron chi connectivity index (χ3n) is 2.51. The molecule has 0 saturated heterocycles. The van der Waals surface area contributed by atoms with Crippen molar-refractivity contribution >= 4 is 23.1 Å². The largest absolute Gasteiger partial charge is 0.260 e. The number of nitrogens with zero attached hydrogens (tertiary/aromatic N) is 2. The number of aryl methyl sites for hydroxylation is 2. The number of pyridine rings is 1. The van der Waals surface area contributed by atoms with Crippen molar-refractivity contribution < 1.29 is 0 Å². The molecule has 0 bridgehead atoms. The molecule has 0 N–H and O–H groups in total. The highest BCUT2D eigenvalue weighted by atomic mass is 32.2. The highest BCUT2D eigenvalue weighted by Gasteiger charge is 2.02. The first-order valence-electron chi connectivity index (χ1n) is 5.71. The maximum Gasteiger partial charge on any atom is 0.0925 e. The molecule has 0 atom stereocenters. The molecule has 90 valence electrons. The van der Waals surface area contributed by atoms with Gasteiger partial charge in [0.05, 0.1) is 16.4 Å². The molecule has 2 aromatic rings. The van der Waals surface area contributed by atoms with Crippen LogP contribution in [0.5, 0.6) is 0 Å². The van der Waals surface area contributed by atoms with Gasteiger partial charge in [-0.1, -0.05) is 13.0 Å². The van der Waals surface area contributed by atoms with Crippen molar-refractivity contribution in [1.29, 1.82) is 0 Å². The molecule has 0 amide bonds. The van der Waals surface area contributed by atoms with Crippen molar-refractivity contribution in [1.82, 2.24) is 9.97 Å². The van der Waals surface area contributed by atoms with Crippen LogP contribution in [0.25, 0.3) is 0 Å². The van der Waals surface area contributed by atoms with Gasteiger partial charge in [0.2, 0.25) is 0 Å². The van der Waals surface area contributed by atoms with Crippen LogP contribution in [0, 0.1) is 6.92 Å². The van der Waals surface area contributed by atoms with Crippen molar-refractivity contribution in [3.05, 3.63) is 45.7 Å². The molecule has 2 heterocycles. The Hall–Kier alpha value is -0.870. The number of thiazole rings is 1. The third kappa shape index (κ3) is 3.54. The van der Waals surface area contributed by atoms with Crippen LogP contribution in [0.3, 0.4) is 0 Å². The van der Waals surface area contributed by atoms with E-state index >= 15 is 0 Å². The van der Waals surface area contributed by atoms with Crippen LogP contribution in [0.2, 0.25) is 0 Å². The fourth-order valence-corrected chi connectivity index (χ4v) is 3.30. The first-order valence-corrected chi connectivity index (χ1v) is 7.74. The molecule has 0 spiro atoms. The van der Waals surface area contributed by atoms with Crippen LogP contribution in [-0.4, -0.2) is 9.97 Å². The van der Waals surface area contributed by atoms with Gasteiger partial charge in [0.15, 0.2) is 0 Å². The summed E-state index contributed by atoms with van der Waals surface area (Å²) in [4.78, 5) is 8.95. The lowest BCUT2D eigenvalue weighted by Crippen LogP contribution is -1.91. The highest BCUT2D eigenvalue weighted by molar-refractivity contribution is 7.97. The van der Waals surface area contributed by atoms with E-state index in [1.807, 2.05) is 24.0 Å². The van der Waals surface area contributed by atoms with Gasteiger partial charge in [0.1, 0.15) is 0 Å². The van der Waals surface area contributed by atoms with E-state index in [0.29, 0.717) is 0 Å². The minimum absolute atomic E-state index is 0.964. The second-order valence-electron chi connectivity index (χ2n) is 3.85. The van der Waals surface area contributed by atoms with E-state index in [4.69, 9.17) is 0 Å². The first-order chi connectivity index (χ1) is 8.29. The lowest BCUT2D eigenvalue weighted by Gasteiger charge is -2.02. The summed E-state index contributed by atoms with van der Waals surface area (Å²) in [6, 6.07) is 4.10. The molecule has 0 aromatic carbocycles. The zero-order valence-corrected chi connectivity index (χ0v) is 11.8. The van der Waals surface area contributed by atoms with Crippen LogP contribution in [0.15, 0.2) is 23.7 Å². The molecule has 2 rings (SSSR count). The summed E-state index contributed by atoms with van der Waals surface area (Å²) in [5.41, 5.74) is 3.65. The van der Waals surface area contributed by atoms with Crippen molar-refractivity contribution in [2.45, 2.75) is 31.8 Å². The number of hydrogen-bond acceptors (Lipinski definition) is 4. The van der Waals surface area contributed by atoms with E-state index in [-0.39, 0.29) is 0 Å².